The van der Waals surface area contributed by atoms with E-state index in [0.29, 0.717) is 12.8 Å². The van der Waals surface area contributed by atoms with Crippen molar-refractivity contribution in [2.75, 3.05) is 6.54 Å². The molecule has 0 heterocycles. The van der Waals surface area contributed by atoms with Crippen LogP contribution in [0.2, 0.25) is 5.02 Å². The molecule has 110 valence electrons. The predicted molar refractivity (Wildman–Crippen MR) is 76.0 cm³/mol. The lowest BCUT2D eigenvalue weighted by atomic mass is 9.97. The highest BCUT2D eigenvalue weighted by atomic mass is 35.5. The minimum absolute atomic E-state index is 0.0936. The van der Waals surface area contributed by atoms with E-state index >= 15 is 0 Å². The zero-order valence-electron chi connectivity index (χ0n) is 11.4. The molecule has 2 N–H and O–H groups in total. The molecule has 0 atom stereocenters. The van der Waals surface area contributed by atoms with E-state index in [-0.39, 0.29) is 22.8 Å². The summed E-state index contributed by atoms with van der Waals surface area (Å²) < 4.78 is 0. The molecule has 6 nitrogen and oxygen atoms in total. The van der Waals surface area contributed by atoms with Crippen LogP contribution in [0.25, 0.3) is 0 Å². The Balaban J connectivity index is 2.79. The van der Waals surface area contributed by atoms with Crippen LogP contribution < -0.4 is 5.32 Å². The van der Waals surface area contributed by atoms with Crippen LogP contribution in [0.3, 0.4) is 0 Å². The molecule has 0 aliphatic carbocycles. The third-order valence-corrected chi connectivity index (χ3v) is 3.60. The van der Waals surface area contributed by atoms with Crippen molar-refractivity contribution in [2.24, 2.45) is 0 Å². The van der Waals surface area contributed by atoms with Gasteiger partial charge >= 0.3 is 0 Å². The number of hydrogen-bond donors (Lipinski definition) is 2. The number of nitrogens with one attached hydrogen (secondary N) is 1. The number of benzene rings is 1. The summed E-state index contributed by atoms with van der Waals surface area (Å²) in [5.41, 5.74) is -0.975. The second-order valence-electron chi connectivity index (χ2n) is 4.54. The van der Waals surface area contributed by atoms with Crippen LogP contribution in [0.5, 0.6) is 0 Å². The number of hydrogen-bond acceptors (Lipinski definition) is 4. The van der Waals surface area contributed by atoms with E-state index in [9.17, 15) is 20.0 Å². The van der Waals surface area contributed by atoms with Gasteiger partial charge < -0.3 is 10.4 Å². The Labute approximate surface area is 121 Å². The number of carbonyl (C=O) groups is 1. The van der Waals surface area contributed by atoms with Crippen LogP contribution in [-0.2, 0) is 0 Å². The van der Waals surface area contributed by atoms with Gasteiger partial charge in [0.15, 0.2) is 0 Å². The smallest absolute Gasteiger partial charge is 0.287 e. The molecule has 0 fully saturated rings. The van der Waals surface area contributed by atoms with Crippen molar-refractivity contribution in [1.29, 1.82) is 0 Å². The Morgan fingerprint density at radius 3 is 2.50 bits per heavy atom. The Morgan fingerprint density at radius 1 is 1.45 bits per heavy atom. The summed E-state index contributed by atoms with van der Waals surface area (Å²) in [5, 5.41) is 23.2. The van der Waals surface area contributed by atoms with Gasteiger partial charge in [0, 0.05) is 18.2 Å². The number of nitro groups is 1. The number of carbonyl (C=O) groups excluding carboxylic acids is 1. The fourth-order valence-corrected chi connectivity index (χ4v) is 1.89. The van der Waals surface area contributed by atoms with Gasteiger partial charge in [0.25, 0.3) is 11.6 Å². The van der Waals surface area contributed by atoms with Gasteiger partial charge in [-0.15, -0.1) is 0 Å². The van der Waals surface area contributed by atoms with Gasteiger partial charge in [0.05, 0.1) is 10.5 Å². The first-order valence-corrected chi connectivity index (χ1v) is 6.65. The lowest BCUT2D eigenvalue weighted by Crippen LogP contribution is -2.42. The summed E-state index contributed by atoms with van der Waals surface area (Å²) in [6.07, 6.45) is 1.04. The molecule has 0 spiro atoms. The van der Waals surface area contributed by atoms with Crippen LogP contribution in [-0.4, -0.2) is 28.1 Å². The highest BCUT2D eigenvalue weighted by Gasteiger charge is 2.23. The first-order chi connectivity index (χ1) is 9.33. The van der Waals surface area contributed by atoms with Gasteiger partial charge in [-0.3, -0.25) is 14.9 Å². The molecule has 1 aromatic rings. The summed E-state index contributed by atoms with van der Waals surface area (Å²) in [5.74, 6) is -0.429. The summed E-state index contributed by atoms with van der Waals surface area (Å²) in [7, 11) is 0. The summed E-state index contributed by atoms with van der Waals surface area (Å²) >= 11 is 5.74. The Kier molecular flexibility index (Phi) is 5.47. The van der Waals surface area contributed by atoms with Crippen LogP contribution in [0.1, 0.15) is 37.0 Å². The van der Waals surface area contributed by atoms with Crippen LogP contribution >= 0.6 is 11.6 Å². The van der Waals surface area contributed by atoms with E-state index in [1.165, 1.54) is 18.2 Å². The summed E-state index contributed by atoms with van der Waals surface area (Å²) in [4.78, 5) is 21.9. The molecular formula is C13H17ClN2O4. The molecule has 0 aliphatic rings. The quantitative estimate of drug-likeness (QED) is 0.623. The summed E-state index contributed by atoms with van der Waals surface area (Å²) in [6, 6.07) is 3.76. The molecule has 0 unspecified atom stereocenters. The van der Waals surface area contributed by atoms with Gasteiger partial charge in [0.2, 0.25) is 0 Å². The standard InChI is InChI=1S/C13H17ClN2O4/c1-3-13(18,4-2)8-15-12(17)9-5-6-11(16(19)20)10(14)7-9/h5-7,18H,3-4,8H2,1-2H3,(H,15,17). The maximum atomic E-state index is 11.9. The minimum Gasteiger partial charge on any atom is -0.388 e. The minimum atomic E-state index is -0.944. The molecular weight excluding hydrogens is 284 g/mol. The van der Waals surface area contributed by atoms with E-state index in [1.807, 2.05) is 13.8 Å². The van der Waals surface area contributed by atoms with Gasteiger partial charge in [-0.1, -0.05) is 25.4 Å². The van der Waals surface area contributed by atoms with Gasteiger partial charge in [-0.25, -0.2) is 0 Å². The normalized spacial score (nSPS) is 11.2. The van der Waals surface area contributed by atoms with E-state index in [1.54, 1.807) is 0 Å². The maximum absolute atomic E-state index is 11.9. The molecule has 1 amide bonds. The Bertz CT molecular complexity index is 515. The molecule has 7 heteroatoms. The second kappa shape index (κ2) is 6.67. The van der Waals surface area contributed by atoms with E-state index in [4.69, 9.17) is 11.6 Å². The first-order valence-electron chi connectivity index (χ1n) is 6.27. The molecule has 0 bridgehead atoms. The zero-order chi connectivity index (χ0) is 15.3. The number of nitrogens with zero attached hydrogens (tertiary/aromatic N) is 1. The largest absolute Gasteiger partial charge is 0.388 e. The number of amides is 1. The monoisotopic (exact) mass is 300 g/mol. The first kappa shape index (κ1) is 16.4. The number of halogens is 1. The van der Waals surface area contributed by atoms with E-state index < -0.39 is 16.4 Å². The number of aliphatic hydroxyl groups is 1. The average Bonchev–Trinajstić information content (AvgIpc) is 2.43. The molecule has 0 aliphatic heterocycles. The highest BCUT2D eigenvalue weighted by molar-refractivity contribution is 6.33. The molecule has 20 heavy (non-hydrogen) atoms. The van der Waals surface area contributed by atoms with Crippen molar-refractivity contribution in [3.05, 3.63) is 38.9 Å². The molecule has 0 aromatic heterocycles. The number of nitro benzene ring substituents is 1. The fraction of sp³-hybridized carbons (Fsp3) is 0.462. The fourth-order valence-electron chi connectivity index (χ4n) is 1.64. The van der Waals surface area contributed by atoms with Gasteiger partial charge in [0.1, 0.15) is 5.02 Å². The van der Waals surface area contributed by atoms with Crippen molar-refractivity contribution in [3.8, 4) is 0 Å². The van der Waals surface area contributed by atoms with E-state index in [2.05, 4.69) is 5.32 Å². The van der Waals surface area contributed by atoms with Crippen molar-refractivity contribution in [3.63, 3.8) is 0 Å². The SMILES string of the molecule is CCC(O)(CC)CNC(=O)c1ccc([N+](=O)[O-])c(Cl)c1. The Morgan fingerprint density at radius 2 is 2.05 bits per heavy atom. The van der Waals surface area contributed by atoms with Crippen molar-refractivity contribution >= 4 is 23.2 Å². The topological polar surface area (TPSA) is 92.5 Å². The Hall–Kier alpha value is -1.66. The van der Waals surface area contributed by atoms with Crippen LogP contribution in [0.4, 0.5) is 5.69 Å². The van der Waals surface area contributed by atoms with Gasteiger partial charge in [-0.05, 0) is 25.0 Å². The van der Waals surface area contributed by atoms with Crippen LogP contribution in [0, 0.1) is 10.1 Å². The molecule has 1 aromatic carbocycles. The maximum Gasteiger partial charge on any atom is 0.287 e. The van der Waals surface area contributed by atoms with Crippen LogP contribution in [0.15, 0.2) is 18.2 Å². The molecule has 1 rings (SSSR count). The zero-order valence-corrected chi connectivity index (χ0v) is 12.1. The average molecular weight is 301 g/mol. The molecule has 0 saturated heterocycles. The molecule has 0 radical (unpaired) electrons. The third-order valence-electron chi connectivity index (χ3n) is 3.30. The summed E-state index contributed by atoms with van der Waals surface area (Å²) in [6.45, 7) is 3.78. The van der Waals surface area contributed by atoms with E-state index in [0.717, 1.165) is 0 Å². The lowest BCUT2D eigenvalue weighted by molar-refractivity contribution is -0.384. The predicted octanol–water partition coefficient (Wildman–Crippen LogP) is 2.53. The second-order valence-corrected chi connectivity index (χ2v) is 4.94. The number of rotatable bonds is 6. The van der Waals surface area contributed by atoms with Crippen molar-refractivity contribution < 1.29 is 14.8 Å². The lowest BCUT2D eigenvalue weighted by Gasteiger charge is -2.25. The van der Waals surface area contributed by atoms with Gasteiger partial charge in [-0.2, -0.15) is 0 Å². The third kappa shape index (κ3) is 3.91. The highest BCUT2D eigenvalue weighted by Crippen LogP contribution is 2.25. The molecule has 0 saturated carbocycles. The van der Waals surface area contributed by atoms with Crippen molar-refractivity contribution in [2.45, 2.75) is 32.3 Å². The van der Waals surface area contributed by atoms with Crippen molar-refractivity contribution in [1.82, 2.24) is 5.32 Å².